The highest BCUT2D eigenvalue weighted by Gasteiger charge is 2.57. The highest BCUT2D eigenvalue weighted by atomic mass is 16.5. The predicted molar refractivity (Wildman–Crippen MR) is 126 cm³/mol. The van der Waals surface area contributed by atoms with Crippen LogP contribution < -0.4 is 5.32 Å². The number of rotatable bonds is 9. The molecule has 0 radical (unpaired) electrons. The van der Waals surface area contributed by atoms with Crippen LogP contribution in [0.5, 0.6) is 0 Å². The van der Waals surface area contributed by atoms with E-state index in [1.54, 1.807) is 0 Å². The number of ether oxygens (including phenoxy) is 1. The molecule has 5 rings (SSSR count). The second kappa shape index (κ2) is 9.65. The van der Waals surface area contributed by atoms with Gasteiger partial charge in [0.05, 0.1) is 12.5 Å². The normalized spacial score (nSPS) is 21.7. The maximum absolute atomic E-state index is 13.1. The minimum absolute atomic E-state index is 0.00945. The van der Waals surface area contributed by atoms with Crippen LogP contribution >= 0.6 is 0 Å². The summed E-state index contributed by atoms with van der Waals surface area (Å²) < 4.78 is 5.65. The van der Waals surface area contributed by atoms with Gasteiger partial charge in [0, 0.05) is 44.7 Å². The van der Waals surface area contributed by atoms with Gasteiger partial charge in [-0.2, -0.15) is 0 Å². The van der Waals surface area contributed by atoms with E-state index in [2.05, 4.69) is 34.5 Å². The number of hydrogen-bond donors (Lipinski definition) is 1. The number of benzene rings is 2. The summed E-state index contributed by atoms with van der Waals surface area (Å²) in [6.07, 6.45) is 2.45. The largest absolute Gasteiger partial charge is 0.367 e. The van der Waals surface area contributed by atoms with Crippen molar-refractivity contribution < 1.29 is 14.3 Å². The molecule has 1 saturated carbocycles. The van der Waals surface area contributed by atoms with E-state index in [1.807, 2.05) is 41.3 Å². The van der Waals surface area contributed by atoms with Crippen molar-refractivity contribution in [1.82, 2.24) is 15.1 Å². The van der Waals surface area contributed by atoms with Gasteiger partial charge in [-0.1, -0.05) is 60.7 Å². The minimum atomic E-state index is -0.155. The Bertz CT molecular complexity index is 955. The molecule has 1 aliphatic carbocycles. The summed E-state index contributed by atoms with van der Waals surface area (Å²) >= 11 is 0. The number of carbonyl (C=O) groups is 2. The summed E-state index contributed by atoms with van der Waals surface area (Å²) in [7, 11) is 0. The molecule has 6 nitrogen and oxygen atoms in total. The van der Waals surface area contributed by atoms with Crippen molar-refractivity contribution in [3.63, 3.8) is 0 Å². The van der Waals surface area contributed by atoms with Crippen LogP contribution in [0.25, 0.3) is 0 Å². The highest BCUT2D eigenvalue weighted by Crippen LogP contribution is 2.44. The smallest absolute Gasteiger partial charge is 0.248 e. The van der Waals surface area contributed by atoms with Crippen LogP contribution in [0.2, 0.25) is 0 Å². The summed E-state index contributed by atoms with van der Waals surface area (Å²) in [5.41, 5.74) is 2.16. The molecule has 33 heavy (non-hydrogen) atoms. The average molecular weight is 448 g/mol. The molecule has 6 heteroatoms. The van der Waals surface area contributed by atoms with E-state index in [-0.39, 0.29) is 29.8 Å². The lowest BCUT2D eigenvalue weighted by Gasteiger charge is -2.50. The Morgan fingerprint density at radius 2 is 1.61 bits per heavy atom. The molecule has 3 aliphatic rings. The Morgan fingerprint density at radius 1 is 0.939 bits per heavy atom. The predicted octanol–water partition coefficient (Wildman–Crippen LogP) is 2.69. The van der Waals surface area contributed by atoms with Gasteiger partial charge in [-0.25, -0.2) is 0 Å². The van der Waals surface area contributed by atoms with Crippen LogP contribution in [0.3, 0.4) is 0 Å². The van der Waals surface area contributed by atoms with Crippen molar-refractivity contribution in [2.24, 2.45) is 17.3 Å². The van der Waals surface area contributed by atoms with E-state index in [4.69, 9.17) is 4.74 Å². The molecule has 0 bridgehead atoms. The minimum Gasteiger partial charge on any atom is -0.367 e. The number of amides is 2. The Kier molecular flexibility index (Phi) is 6.47. The second-order valence-corrected chi connectivity index (χ2v) is 9.99. The average Bonchev–Trinajstić information content (AvgIpc) is 3.56. The van der Waals surface area contributed by atoms with E-state index in [0.717, 1.165) is 31.7 Å². The summed E-state index contributed by atoms with van der Waals surface area (Å²) in [6, 6.07) is 20.3. The molecule has 2 aliphatic heterocycles. The quantitative estimate of drug-likeness (QED) is 0.642. The fourth-order valence-electron chi connectivity index (χ4n) is 5.22. The van der Waals surface area contributed by atoms with Crippen molar-refractivity contribution >= 4 is 11.8 Å². The van der Waals surface area contributed by atoms with Gasteiger partial charge in [0.1, 0.15) is 6.61 Å². The SMILES string of the molecule is O=C(NCC1CC1)C1CN(Cc2ccccc2)CC12CN(C(=O)COCc1ccccc1)C2. The first-order chi connectivity index (χ1) is 16.1. The van der Waals surface area contributed by atoms with Crippen molar-refractivity contribution in [3.05, 3.63) is 71.8 Å². The number of hydrogen-bond acceptors (Lipinski definition) is 4. The van der Waals surface area contributed by atoms with Crippen LogP contribution in [0.4, 0.5) is 0 Å². The summed E-state index contributed by atoms with van der Waals surface area (Å²) in [5.74, 6) is 0.752. The molecule has 2 aromatic rings. The Labute approximate surface area is 195 Å². The van der Waals surface area contributed by atoms with Crippen LogP contribution in [0, 0.1) is 17.3 Å². The van der Waals surface area contributed by atoms with E-state index in [1.165, 1.54) is 18.4 Å². The van der Waals surface area contributed by atoms with Crippen LogP contribution in [-0.2, 0) is 27.5 Å². The van der Waals surface area contributed by atoms with E-state index >= 15 is 0 Å². The molecule has 0 aromatic heterocycles. The fourth-order valence-corrected chi connectivity index (χ4v) is 5.22. The fraction of sp³-hybridized carbons (Fsp3) is 0.481. The van der Waals surface area contributed by atoms with Gasteiger partial charge in [0.15, 0.2) is 0 Å². The molecule has 174 valence electrons. The van der Waals surface area contributed by atoms with Gasteiger partial charge in [-0.05, 0) is 29.9 Å². The van der Waals surface area contributed by atoms with Gasteiger partial charge in [0.25, 0.3) is 0 Å². The molecule has 1 spiro atoms. The van der Waals surface area contributed by atoms with Crippen molar-refractivity contribution in [2.75, 3.05) is 39.3 Å². The molecular formula is C27H33N3O3. The van der Waals surface area contributed by atoms with Crippen molar-refractivity contribution in [2.45, 2.75) is 26.0 Å². The lowest BCUT2D eigenvalue weighted by molar-refractivity contribution is -0.154. The number of nitrogens with one attached hydrogen (secondary N) is 1. The van der Waals surface area contributed by atoms with Gasteiger partial charge >= 0.3 is 0 Å². The number of likely N-dealkylation sites (tertiary alicyclic amines) is 2. The van der Waals surface area contributed by atoms with E-state index in [9.17, 15) is 9.59 Å². The Morgan fingerprint density at radius 3 is 2.27 bits per heavy atom. The third kappa shape index (κ3) is 5.28. The molecule has 1 N–H and O–H groups in total. The Hall–Kier alpha value is -2.70. The first-order valence-electron chi connectivity index (χ1n) is 12.0. The number of nitrogens with zero attached hydrogens (tertiary/aromatic N) is 2. The first-order valence-corrected chi connectivity index (χ1v) is 12.0. The lowest BCUT2D eigenvalue weighted by atomic mass is 9.71. The van der Waals surface area contributed by atoms with E-state index < -0.39 is 0 Å². The molecule has 1 atom stereocenters. The zero-order valence-electron chi connectivity index (χ0n) is 19.1. The molecule has 2 amide bonds. The second-order valence-electron chi connectivity index (χ2n) is 9.99. The summed E-state index contributed by atoms with van der Waals surface area (Å²) in [6.45, 7) is 5.00. The van der Waals surface area contributed by atoms with Gasteiger partial charge < -0.3 is 15.0 Å². The van der Waals surface area contributed by atoms with Crippen LogP contribution in [0.1, 0.15) is 24.0 Å². The van der Waals surface area contributed by atoms with Gasteiger partial charge in [-0.3, -0.25) is 14.5 Å². The van der Waals surface area contributed by atoms with Gasteiger partial charge in [0.2, 0.25) is 11.8 Å². The molecular weight excluding hydrogens is 414 g/mol. The zero-order chi connectivity index (χ0) is 22.7. The lowest BCUT2D eigenvalue weighted by Crippen LogP contribution is -2.64. The van der Waals surface area contributed by atoms with Crippen LogP contribution in [-0.4, -0.2) is 60.9 Å². The zero-order valence-corrected chi connectivity index (χ0v) is 19.1. The van der Waals surface area contributed by atoms with Crippen molar-refractivity contribution in [3.8, 4) is 0 Å². The maximum atomic E-state index is 13.1. The molecule has 2 heterocycles. The molecule has 3 fully saturated rings. The topological polar surface area (TPSA) is 61.9 Å². The first kappa shape index (κ1) is 22.1. The molecule has 1 unspecified atom stereocenters. The van der Waals surface area contributed by atoms with Crippen molar-refractivity contribution in [1.29, 1.82) is 0 Å². The third-order valence-corrected chi connectivity index (χ3v) is 7.25. The van der Waals surface area contributed by atoms with Crippen LogP contribution in [0.15, 0.2) is 60.7 Å². The standard InChI is InChI=1S/C27H33N3O3/c31-25(17-33-16-23-9-5-2-6-10-23)30-19-27(20-30)18-29(14-22-7-3-1-4-8-22)15-24(27)26(32)28-13-21-11-12-21/h1-10,21,24H,11-20H2,(H,28,32). The third-order valence-electron chi connectivity index (χ3n) is 7.25. The summed E-state index contributed by atoms with van der Waals surface area (Å²) in [4.78, 5) is 30.1. The maximum Gasteiger partial charge on any atom is 0.248 e. The molecule has 2 saturated heterocycles. The van der Waals surface area contributed by atoms with E-state index in [0.29, 0.717) is 25.6 Å². The van der Waals surface area contributed by atoms with Gasteiger partial charge in [-0.15, -0.1) is 0 Å². The Balaban J connectivity index is 1.18. The molecule has 2 aromatic carbocycles. The monoisotopic (exact) mass is 447 g/mol. The highest BCUT2D eigenvalue weighted by molar-refractivity contribution is 5.82. The summed E-state index contributed by atoms with van der Waals surface area (Å²) in [5, 5.41) is 3.20. The number of carbonyl (C=O) groups excluding carboxylic acids is 2.